The fourth-order valence-corrected chi connectivity index (χ4v) is 3.59. The molecule has 1 aromatic rings. The van der Waals surface area contributed by atoms with Gasteiger partial charge in [-0.2, -0.15) is 0 Å². The summed E-state index contributed by atoms with van der Waals surface area (Å²) in [5.41, 5.74) is 0.586. The Labute approximate surface area is 171 Å². The van der Waals surface area contributed by atoms with E-state index in [0.29, 0.717) is 37.5 Å². The van der Waals surface area contributed by atoms with Gasteiger partial charge in [0.2, 0.25) is 0 Å². The zero-order chi connectivity index (χ0) is 21.3. The Morgan fingerprint density at radius 3 is 2.38 bits per heavy atom. The fourth-order valence-electron chi connectivity index (χ4n) is 3.59. The van der Waals surface area contributed by atoms with Crippen LogP contribution in [0.3, 0.4) is 0 Å². The van der Waals surface area contributed by atoms with Gasteiger partial charge in [0.05, 0.1) is 6.54 Å². The lowest BCUT2D eigenvalue weighted by molar-refractivity contribution is -0.00788. The molecule has 3 rings (SSSR count). The Bertz CT molecular complexity index is 804. The minimum atomic E-state index is -0.565. The van der Waals surface area contributed by atoms with E-state index in [4.69, 9.17) is 9.47 Å². The van der Waals surface area contributed by atoms with E-state index in [9.17, 15) is 14.4 Å². The second-order valence-corrected chi connectivity index (χ2v) is 8.60. The van der Waals surface area contributed by atoms with Crippen molar-refractivity contribution in [3.63, 3.8) is 0 Å². The van der Waals surface area contributed by atoms with E-state index in [1.54, 1.807) is 34.1 Å². The van der Waals surface area contributed by atoms with Gasteiger partial charge in [0.1, 0.15) is 12.2 Å². The predicted octanol–water partition coefficient (Wildman–Crippen LogP) is 3.11. The molecule has 0 N–H and O–H groups in total. The summed E-state index contributed by atoms with van der Waals surface area (Å²) in [6, 6.07) is 6.68. The van der Waals surface area contributed by atoms with Gasteiger partial charge in [0.15, 0.2) is 0 Å². The summed E-state index contributed by atoms with van der Waals surface area (Å²) in [6.45, 7) is 11.0. The number of anilines is 1. The second kappa shape index (κ2) is 7.93. The number of cyclic esters (lactones) is 1. The van der Waals surface area contributed by atoms with E-state index in [-0.39, 0.29) is 24.1 Å². The Hall–Kier alpha value is -2.77. The molecular weight excluding hydrogens is 374 g/mol. The number of hydrogen-bond acceptors (Lipinski definition) is 5. The third-order valence-corrected chi connectivity index (χ3v) is 5.04. The lowest BCUT2D eigenvalue weighted by Gasteiger charge is -2.44. The summed E-state index contributed by atoms with van der Waals surface area (Å²) in [5.74, 6) is -0.123. The van der Waals surface area contributed by atoms with Crippen molar-refractivity contribution in [2.24, 2.45) is 0 Å². The lowest BCUT2D eigenvalue weighted by atomic mass is 10.1. The average molecular weight is 403 g/mol. The van der Waals surface area contributed by atoms with E-state index in [1.807, 2.05) is 34.6 Å². The number of benzene rings is 1. The number of piperazine rings is 1. The topological polar surface area (TPSA) is 79.4 Å². The van der Waals surface area contributed by atoms with Gasteiger partial charge in [0.25, 0.3) is 5.91 Å². The highest BCUT2D eigenvalue weighted by Crippen LogP contribution is 2.24. The lowest BCUT2D eigenvalue weighted by Crippen LogP contribution is -2.60. The van der Waals surface area contributed by atoms with Crippen molar-refractivity contribution in [1.82, 2.24) is 9.80 Å². The van der Waals surface area contributed by atoms with Crippen LogP contribution in [-0.2, 0) is 9.47 Å². The van der Waals surface area contributed by atoms with Gasteiger partial charge in [-0.3, -0.25) is 9.69 Å². The van der Waals surface area contributed by atoms with Crippen LogP contribution in [-0.4, -0.2) is 71.8 Å². The van der Waals surface area contributed by atoms with Gasteiger partial charge in [-0.05, 0) is 52.8 Å². The molecule has 8 heteroatoms. The van der Waals surface area contributed by atoms with Crippen LogP contribution in [0.15, 0.2) is 24.3 Å². The van der Waals surface area contributed by atoms with Crippen molar-refractivity contribution < 1.29 is 23.9 Å². The first kappa shape index (κ1) is 21.0. The molecule has 0 aromatic heterocycles. The Morgan fingerprint density at radius 1 is 1.10 bits per heavy atom. The van der Waals surface area contributed by atoms with Gasteiger partial charge in [-0.1, -0.05) is 6.07 Å². The summed E-state index contributed by atoms with van der Waals surface area (Å²) in [7, 11) is 0. The Morgan fingerprint density at radius 2 is 1.76 bits per heavy atom. The maximum Gasteiger partial charge on any atom is 0.414 e. The van der Waals surface area contributed by atoms with Gasteiger partial charge in [0, 0.05) is 36.4 Å². The third kappa shape index (κ3) is 4.63. The van der Waals surface area contributed by atoms with E-state index in [2.05, 4.69) is 0 Å². The molecule has 8 nitrogen and oxygen atoms in total. The van der Waals surface area contributed by atoms with Crippen LogP contribution in [0.25, 0.3) is 0 Å². The molecule has 0 aliphatic carbocycles. The van der Waals surface area contributed by atoms with Crippen LogP contribution < -0.4 is 4.90 Å². The molecule has 1 aromatic carbocycles. The summed E-state index contributed by atoms with van der Waals surface area (Å²) in [6.07, 6.45) is -0.763. The number of rotatable bonds is 2. The van der Waals surface area contributed by atoms with Crippen LogP contribution in [0, 0.1) is 0 Å². The molecule has 2 atom stereocenters. The molecule has 0 unspecified atom stereocenters. The zero-order valence-corrected chi connectivity index (χ0v) is 17.7. The molecular formula is C21H29N3O5. The molecule has 2 aliphatic rings. The minimum Gasteiger partial charge on any atom is -0.447 e. The van der Waals surface area contributed by atoms with Crippen molar-refractivity contribution in [3.8, 4) is 0 Å². The largest absolute Gasteiger partial charge is 0.447 e. The molecule has 158 valence electrons. The quantitative estimate of drug-likeness (QED) is 0.758. The molecule has 0 spiro atoms. The summed E-state index contributed by atoms with van der Waals surface area (Å²) in [4.78, 5) is 42.4. The van der Waals surface area contributed by atoms with E-state index < -0.39 is 11.7 Å². The molecule has 29 heavy (non-hydrogen) atoms. The van der Waals surface area contributed by atoms with E-state index in [0.717, 1.165) is 0 Å². The highest BCUT2D eigenvalue weighted by atomic mass is 16.6. The molecule has 2 saturated heterocycles. The highest BCUT2D eigenvalue weighted by molar-refractivity contribution is 5.97. The smallest absolute Gasteiger partial charge is 0.414 e. The average Bonchev–Trinajstić information content (AvgIpc) is 3.07. The van der Waals surface area contributed by atoms with Crippen LogP contribution >= 0.6 is 0 Å². The van der Waals surface area contributed by atoms with Crippen molar-refractivity contribution in [3.05, 3.63) is 29.8 Å². The number of carbonyl (C=O) groups excluding carboxylic acids is 3. The Balaban J connectivity index is 1.72. The fraction of sp³-hybridized carbons (Fsp3) is 0.571. The number of carbonyl (C=O) groups is 3. The first-order chi connectivity index (χ1) is 13.6. The van der Waals surface area contributed by atoms with Crippen molar-refractivity contribution >= 4 is 23.8 Å². The summed E-state index contributed by atoms with van der Waals surface area (Å²) < 4.78 is 10.5. The first-order valence-corrected chi connectivity index (χ1v) is 9.92. The van der Waals surface area contributed by atoms with Crippen LogP contribution in [0.1, 0.15) is 45.0 Å². The van der Waals surface area contributed by atoms with Crippen molar-refractivity contribution in [2.75, 3.05) is 31.1 Å². The second-order valence-electron chi connectivity index (χ2n) is 8.60. The molecule has 0 radical (unpaired) electrons. The van der Waals surface area contributed by atoms with E-state index in [1.165, 1.54) is 4.90 Å². The molecule has 3 amide bonds. The van der Waals surface area contributed by atoms with E-state index >= 15 is 0 Å². The maximum absolute atomic E-state index is 13.2. The SMILES string of the molecule is C[C@@H]1CN(C(=O)c2cccc(N3CCOC3=O)c2)[C@H](C)CN1C(=O)OC(C)(C)C. The molecule has 0 bridgehead atoms. The zero-order valence-electron chi connectivity index (χ0n) is 17.7. The maximum atomic E-state index is 13.2. The minimum absolute atomic E-state index is 0.123. The van der Waals surface area contributed by atoms with Crippen LogP contribution in [0.4, 0.5) is 15.3 Å². The molecule has 2 heterocycles. The number of hydrogen-bond donors (Lipinski definition) is 0. The normalized spacial score (nSPS) is 22.5. The van der Waals surface area contributed by atoms with Gasteiger partial charge in [-0.25, -0.2) is 9.59 Å². The number of ether oxygens (including phenoxy) is 2. The Kier molecular flexibility index (Phi) is 5.73. The number of nitrogens with zero attached hydrogens (tertiary/aromatic N) is 3. The predicted molar refractivity (Wildman–Crippen MR) is 108 cm³/mol. The highest BCUT2D eigenvalue weighted by Gasteiger charge is 2.37. The third-order valence-electron chi connectivity index (χ3n) is 5.04. The van der Waals surface area contributed by atoms with Crippen molar-refractivity contribution in [2.45, 2.75) is 52.3 Å². The standard InChI is InChI=1S/C21H29N3O5/c1-14-13-24(20(27)29-21(3,4)5)15(2)12-23(14)18(25)16-7-6-8-17(11-16)22-9-10-28-19(22)26/h6-8,11,14-15H,9-10,12-13H2,1-5H3/t14-,15-/m1/s1. The summed E-state index contributed by atoms with van der Waals surface area (Å²) >= 11 is 0. The monoisotopic (exact) mass is 403 g/mol. The molecule has 2 fully saturated rings. The van der Waals surface area contributed by atoms with Crippen LogP contribution in [0.2, 0.25) is 0 Å². The molecule has 2 aliphatic heterocycles. The van der Waals surface area contributed by atoms with Gasteiger partial charge >= 0.3 is 12.2 Å². The molecule has 0 saturated carbocycles. The number of amides is 3. The van der Waals surface area contributed by atoms with Crippen LogP contribution in [0.5, 0.6) is 0 Å². The summed E-state index contributed by atoms with van der Waals surface area (Å²) in [5, 5.41) is 0. The first-order valence-electron chi connectivity index (χ1n) is 9.92. The van der Waals surface area contributed by atoms with Gasteiger partial charge in [-0.15, -0.1) is 0 Å². The van der Waals surface area contributed by atoms with Crippen molar-refractivity contribution in [1.29, 1.82) is 0 Å². The van der Waals surface area contributed by atoms with Gasteiger partial charge < -0.3 is 19.3 Å².